The summed E-state index contributed by atoms with van der Waals surface area (Å²) >= 11 is 1.59. The molecule has 0 radical (unpaired) electrons. The van der Waals surface area contributed by atoms with Crippen LogP contribution in [0.5, 0.6) is 0 Å². The molecule has 1 aromatic heterocycles. The van der Waals surface area contributed by atoms with E-state index in [1.165, 1.54) is 0 Å². The quantitative estimate of drug-likeness (QED) is 0.912. The number of β-amino-alcohol motifs (C(OH)–C–C–N with tert-alkyl or cyclic N) is 1. The number of hydrogen-bond acceptors (Lipinski definition) is 4. The van der Waals surface area contributed by atoms with Gasteiger partial charge in [-0.15, -0.1) is 11.3 Å². The van der Waals surface area contributed by atoms with Crippen LogP contribution in [0.3, 0.4) is 0 Å². The highest BCUT2D eigenvalue weighted by molar-refractivity contribution is 7.10. The first kappa shape index (κ1) is 14.5. The summed E-state index contributed by atoms with van der Waals surface area (Å²) in [4.78, 5) is 17.0. The molecule has 4 nitrogen and oxygen atoms in total. The highest BCUT2D eigenvalue weighted by Gasteiger charge is 2.24. The number of nitrogens with zero attached hydrogens (tertiary/aromatic N) is 2. The molecule has 1 aromatic rings. The molecule has 106 valence electrons. The van der Waals surface area contributed by atoms with Crippen LogP contribution >= 0.6 is 11.3 Å². The summed E-state index contributed by atoms with van der Waals surface area (Å²) in [5.41, 5.74) is 0. The Kier molecular flexibility index (Phi) is 4.96. The van der Waals surface area contributed by atoms with Crippen LogP contribution in [-0.2, 0) is 4.79 Å². The molecular formula is C14H22N2O2S. The molecule has 1 unspecified atom stereocenters. The van der Waals surface area contributed by atoms with E-state index in [1.807, 2.05) is 36.3 Å². The molecule has 0 aromatic carbocycles. The third-order valence-corrected chi connectivity index (χ3v) is 4.45. The van der Waals surface area contributed by atoms with Gasteiger partial charge in [-0.1, -0.05) is 19.9 Å². The second-order valence-electron chi connectivity index (χ2n) is 5.31. The third-order valence-electron chi connectivity index (χ3n) is 3.48. The van der Waals surface area contributed by atoms with E-state index in [9.17, 15) is 9.90 Å². The Morgan fingerprint density at radius 1 is 1.37 bits per heavy atom. The van der Waals surface area contributed by atoms with Crippen molar-refractivity contribution in [2.45, 2.75) is 20.0 Å². The molecule has 1 fully saturated rings. The molecule has 1 saturated heterocycles. The number of thiophene rings is 1. The Morgan fingerprint density at radius 3 is 2.58 bits per heavy atom. The van der Waals surface area contributed by atoms with Crippen LogP contribution in [0.15, 0.2) is 17.5 Å². The minimum atomic E-state index is -0.410. The van der Waals surface area contributed by atoms with Crippen LogP contribution in [0.4, 0.5) is 0 Å². The minimum Gasteiger partial charge on any atom is -0.386 e. The number of aliphatic hydroxyl groups is 1. The molecule has 0 bridgehead atoms. The standard InChI is InChI=1S/C14H22N2O2S/c1-11(2)14(18)16-7-5-15(6-8-16)10-12(17)13-4-3-9-19-13/h3-4,9,11-12,17H,5-8,10H2,1-2H3. The molecule has 1 N–H and O–H groups in total. The Balaban J connectivity index is 1.79. The lowest BCUT2D eigenvalue weighted by atomic mass is 10.1. The Hall–Kier alpha value is -0.910. The molecule has 5 heteroatoms. The van der Waals surface area contributed by atoms with E-state index >= 15 is 0 Å². The first-order valence-electron chi connectivity index (χ1n) is 6.80. The van der Waals surface area contributed by atoms with E-state index in [4.69, 9.17) is 0 Å². The predicted molar refractivity (Wildman–Crippen MR) is 77.1 cm³/mol. The lowest BCUT2D eigenvalue weighted by Gasteiger charge is -2.36. The summed E-state index contributed by atoms with van der Waals surface area (Å²) in [6, 6.07) is 3.93. The number of carbonyl (C=O) groups is 1. The van der Waals surface area contributed by atoms with Gasteiger partial charge in [0.05, 0.1) is 0 Å². The van der Waals surface area contributed by atoms with Gasteiger partial charge in [-0.3, -0.25) is 9.69 Å². The van der Waals surface area contributed by atoms with Crippen LogP contribution in [0.2, 0.25) is 0 Å². The normalized spacial score (nSPS) is 18.8. The van der Waals surface area contributed by atoms with E-state index in [0.29, 0.717) is 6.54 Å². The van der Waals surface area contributed by atoms with Crippen molar-refractivity contribution in [3.05, 3.63) is 22.4 Å². The number of carbonyl (C=O) groups excluding carboxylic acids is 1. The Labute approximate surface area is 118 Å². The maximum absolute atomic E-state index is 11.9. The summed E-state index contributed by atoms with van der Waals surface area (Å²) in [6.07, 6.45) is -0.410. The fourth-order valence-electron chi connectivity index (χ4n) is 2.33. The van der Waals surface area contributed by atoms with Crippen molar-refractivity contribution >= 4 is 17.2 Å². The highest BCUT2D eigenvalue weighted by atomic mass is 32.1. The molecule has 1 aliphatic rings. The zero-order valence-corrected chi connectivity index (χ0v) is 12.4. The second kappa shape index (κ2) is 6.50. The number of amides is 1. The molecule has 1 aliphatic heterocycles. The van der Waals surface area contributed by atoms with E-state index in [2.05, 4.69) is 4.90 Å². The van der Waals surface area contributed by atoms with Gasteiger partial charge >= 0.3 is 0 Å². The lowest BCUT2D eigenvalue weighted by molar-refractivity contribution is -0.136. The van der Waals surface area contributed by atoms with Gasteiger partial charge in [-0.25, -0.2) is 0 Å². The molecule has 0 saturated carbocycles. The molecular weight excluding hydrogens is 260 g/mol. The summed E-state index contributed by atoms with van der Waals surface area (Å²) in [5, 5.41) is 12.1. The monoisotopic (exact) mass is 282 g/mol. The minimum absolute atomic E-state index is 0.0725. The summed E-state index contributed by atoms with van der Waals surface area (Å²) in [6.45, 7) is 7.78. The third kappa shape index (κ3) is 3.78. The van der Waals surface area contributed by atoms with Crippen LogP contribution in [0, 0.1) is 5.92 Å². The van der Waals surface area contributed by atoms with Gasteiger partial charge in [-0.2, -0.15) is 0 Å². The molecule has 1 amide bonds. The zero-order chi connectivity index (χ0) is 13.8. The Bertz CT molecular complexity index is 398. The maximum atomic E-state index is 11.9. The van der Waals surface area contributed by atoms with Crippen molar-refractivity contribution in [1.82, 2.24) is 9.80 Å². The summed E-state index contributed by atoms with van der Waals surface area (Å²) in [7, 11) is 0. The number of aliphatic hydroxyl groups excluding tert-OH is 1. The first-order chi connectivity index (χ1) is 9.08. The van der Waals surface area contributed by atoms with Crippen LogP contribution in [-0.4, -0.2) is 53.5 Å². The zero-order valence-electron chi connectivity index (χ0n) is 11.6. The van der Waals surface area contributed by atoms with Crippen molar-refractivity contribution in [3.63, 3.8) is 0 Å². The van der Waals surface area contributed by atoms with Crippen molar-refractivity contribution in [2.24, 2.45) is 5.92 Å². The number of rotatable bonds is 4. The summed E-state index contributed by atoms with van der Waals surface area (Å²) in [5.74, 6) is 0.307. The van der Waals surface area contributed by atoms with E-state index in [-0.39, 0.29) is 11.8 Å². The van der Waals surface area contributed by atoms with Crippen LogP contribution < -0.4 is 0 Å². The van der Waals surface area contributed by atoms with Gasteiger partial charge in [0.2, 0.25) is 5.91 Å². The smallest absolute Gasteiger partial charge is 0.225 e. The average Bonchev–Trinajstić information content (AvgIpc) is 2.92. The van der Waals surface area contributed by atoms with E-state index in [1.54, 1.807) is 11.3 Å². The van der Waals surface area contributed by atoms with Gasteiger partial charge in [0.25, 0.3) is 0 Å². The molecule has 2 rings (SSSR count). The largest absolute Gasteiger partial charge is 0.386 e. The number of hydrogen-bond donors (Lipinski definition) is 1. The van der Waals surface area contributed by atoms with Gasteiger partial charge < -0.3 is 10.0 Å². The second-order valence-corrected chi connectivity index (χ2v) is 6.29. The van der Waals surface area contributed by atoms with Crippen molar-refractivity contribution in [3.8, 4) is 0 Å². The van der Waals surface area contributed by atoms with Gasteiger partial charge in [0.1, 0.15) is 6.10 Å². The van der Waals surface area contributed by atoms with Crippen molar-refractivity contribution < 1.29 is 9.90 Å². The number of piperazine rings is 1. The first-order valence-corrected chi connectivity index (χ1v) is 7.68. The molecule has 0 aliphatic carbocycles. The highest BCUT2D eigenvalue weighted by Crippen LogP contribution is 2.20. The van der Waals surface area contributed by atoms with Gasteiger partial charge in [0, 0.05) is 43.5 Å². The SMILES string of the molecule is CC(C)C(=O)N1CCN(CC(O)c2cccs2)CC1. The summed E-state index contributed by atoms with van der Waals surface area (Å²) < 4.78 is 0. The molecule has 2 heterocycles. The van der Waals surface area contributed by atoms with Gasteiger partial charge in [-0.05, 0) is 11.4 Å². The average molecular weight is 282 g/mol. The van der Waals surface area contributed by atoms with Crippen molar-refractivity contribution in [1.29, 1.82) is 0 Å². The topological polar surface area (TPSA) is 43.8 Å². The van der Waals surface area contributed by atoms with Crippen LogP contribution in [0.1, 0.15) is 24.8 Å². The van der Waals surface area contributed by atoms with E-state index < -0.39 is 6.10 Å². The van der Waals surface area contributed by atoms with Gasteiger partial charge in [0.15, 0.2) is 0 Å². The fourth-order valence-corrected chi connectivity index (χ4v) is 3.03. The Morgan fingerprint density at radius 2 is 2.05 bits per heavy atom. The van der Waals surface area contributed by atoms with Crippen LogP contribution in [0.25, 0.3) is 0 Å². The molecule has 0 spiro atoms. The van der Waals surface area contributed by atoms with Crippen molar-refractivity contribution in [2.75, 3.05) is 32.7 Å². The molecule has 19 heavy (non-hydrogen) atoms. The fraction of sp³-hybridized carbons (Fsp3) is 0.643. The lowest BCUT2D eigenvalue weighted by Crippen LogP contribution is -2.50. The van der Waals surface area contributed by atoms with E-state index in [0.717, 1.165) is 31.1 Å². The maximum Gasteiger partial charge on any atom is 0.225 e. The molecule has 1 atom stereocenters. The predicted octanol–water partition coefficient (Wildman–Crippen LogP) is 1.58.